The molecule has 0 radical (unpaired) electrons. The highest BCUT2D eigenvalue weighted by Crippen LogP contribution is 1.90. The van der Waals surface area contributed by atoms with Gasteiger partial charge in [-0.1, -0.05) is 0 Å². The van der Waals surface area contributed by atoms with Gasteiger partial charge in [-0.05, 0) is 0 Å². The van der Waals surface area contributed by atoms with E-state index in [-0.39, 0.29) is 0 Å². The van der Waals surface area contributed by atoms with Gasteiger partial charge in [0.2, 0.25) is 12.2 Å². The standard InChI is InChI=1S/C7H14N2S/c1-8-4-5-9(6-8)7-10(2)3/h4-6H,7H2,1-3H3/q+2. The van der Waals surface area contributed by atoms with Crippen molar-refractivity contribution >= 4 is 10.9 Å². The topological polar surface area (TPSA) is 8.81 Å². The van der Waals surface area contributed by atoms with Crippen molar-refractivity contribution in [1.29, 1.82) is 0 Å². The van der Waals surface area contributed by atoms with Crippen molar-refractivity contribution in [1.82, 2.24) is 4.57 Å². The number of hydrogen-bond acceptors (Lipinski definition) is 0. The fraction of sp³-hybridized carbons (Fsp3) is 0.571. The van der Waals surface area contributed by atoms with Crippen LogP contribution in [-0.2, 0) is 23.8 Å². The fourth-order valence-corrected chi connectivity index (χ4v) is 1.63. The maximum Gasteiger partial charge on any atom is 0.247 e. The first-order valence-corrected chi connectivity index (χ1v) is 5.45. The molecule has 1 aromatic rings. The van der Waals surface area contributed by atoms with Gasteiger partial charge in [0.25, 0.3) is 0 Å². The molecule has 0 aliphatic rings. The lowest BCUT2D eigenvalue weighted by Crippen LogP contribution is -2.24. The molecule has 0 aromatic carbocycles. The number of aryl methyl sites for hydroxylation is 1. The maximum atomic E-state index is 2.25. The van der Waals surface area contributed by atoms with Crippen LogP contribution < -0.4 is 4.57 Å². The van der Waals surface area contributed by atoms with Crippen molar-refractivity contribution in [3.05, 3.63) is 18.7 Å². The molecule has 1 aromatic heterocycles. The zero-order valence-corrected chi connectivity index (χ0v) is 7.56. The van der Waals surface area contributed by atoms with Crippen LogP contribution in [0.2, 0.25) is 0 Å². The molecule has 0 spiro atoms. The lowest BCUT2D eigenvalue weighted by molar-refractivity contribution is -0.670. The summed E-state index contributed by atoms with van der Waals surface area (Å²) in [6.07, 6.45) is 10.8. The molecule has 1 heterocycles. The predicted octanol–water partition coefficient (Wildman–Crippen LogP) is 0.148. The van der Waals surface area contributed by atoms with Gasteiger partial charge in [0, 0.05) is 10.9 Å². The van der Waals surface area contributed by atoms with Gasteiger partial charge in [0.15, 0.2) is 0 Å². The molecule has 3 heteroatoms. The summed E-state index contributed by atoms with van der Waals surface area (Å²) in [6, 6.07) is 0. The van der Waals surface area contributed by atoms with Gasteiger partial charge in [-0.25, -0.2) is 4.57 Å². The van der Waals surface area contributed by atoms with Gasteiger partial charge in [0.05, 0.1) is 7.05 Å². The van der Waals surface area contributed by atoms with Crippen molar-refractivity contribution in [2.75, 3.05) is 12.5 Å². The zero-order chi connectivity index (χ0) is 7.56. The van der Waals surface area contributed by atoms with Crippen LogP contribution in [0.3, 0.4) is 0 Å². The summed E-state index contributed by atoms with van der Waals surface area (Å²) < 4.78 is 4.27. The molecular weight excluding hydrogens is 144 g/mol. The predicted molar refractivity (Wildman–Crippen MR) is 44.8 cm³/mol. The fourth-order valence-electron chi connectivity index (χ4n) is 0.876. The maximum absolute atomic E-state index is 2.25. The monoisotopic (exact) mass is 158 g/mol. The Morgan fingerprint density at radius 1 is 1.50 bits per heavy atom. The molecular formula is C7H14N2S+2. The van der Waals surface area contributed by atoms with Crippen LogP contribution in [0, 0.1) is 0 Å². The molecule has 0 bridgehead atoms. The molecule has 0 saturated carbocycles. The van der Waals surface area contributed by atoms with Crippen LogP contribution in [0.1, 0.15) is 0 Å². The first-order valence-electron chi connectivity index (χ1n) is 3.23. The molecule has 2 nitrogen and oxygen atoms in total. The Labute approximate surface area is 64.8 Å². The SMILES string of the molecule is C[n+]1ccn(C[S+](C)C)c1. The lowest BCUT2D eigenvalue weighted by Gasteiger charge is -1.90. The van der Waals surface area contributed by atoms with Gasteiger partial charge in [-0.3, -0.25) is 0 Å². The number of rotatable bonds is 2. The van der Waals surface area contributed by atoms with E-state index in [0.29, 0.717) is 10.9 Å². The number of hydrogen-bond donors (Lipinski definition) is 0. The van der Waals surface area contributed by atoms with Gasteiger partial charge in [-0.2, -0.15) is 4.57 Å². The van der Waals surface area contributed by atoms with E-state index in [2.05, 4.69) is 40.4 Å². The highest BCUT2D eigenvalue weighted by Gasteiger charge is 2.07. The summed E-state index contributed by atoms with van der Waals surface area (Å²) in [5.41, 5.74) is 0. The summed E-state index contributed by atoms with van der Waals surface area (Å²) in [6.45, 7) is 0. The highest BCUT2D eigenvalue weighted by molar-refractivity contribution is 7.94. The third kappa shape index (κ3) is 2.06. The second kappa shape index (κ2) is 3.10. The minimum Gasteiger partial charge on any atom is -0.239 e. The van der Waals surface area contributed by atoms with E-state index < -0.39 is 0 Å². The molecule has 0 unspecified atom stereocenters. The molecule has 0 atom stereocenters. The summed E-state index contributed by atoms with van der Waals surface area (Å²) >= 11 is 0. The van der Waals surface area contributed by atoms with Gasteiger partial charge in [0.1, 0.15) is 24.9 Å². The summed E-state index contributed by atoms with van der Waals surface area (Å²) in [4.78, 5) is 0. The van der Waals surface area contributed by atoms with E-state index in [1.807, 2.05) is 7.05 Å². The average Bonchev–Trinajstić information content (AvgIpc) is 2.13. The molecule has 0 aliphatic carbocycles. The molecule has 0 fully saturated rings. The Morgan fingerprint density at radius 2 is 2.20 bits per heavy atom. The largest absolute Gasteiger partial charge is 0.247 e. The zero-order valence-electron chi connectivity index (χ0n) is 6.74. The van der Waals surface area contributed by atoms with E-state index in [1.54, 1.807) is 0 Å². The van der Waals surface area contributed by atoms with Crippen molar-refractivity contribution in [2.45, 2.75) is 5.88 Å². The van der Waals surface area contributed by atoms with Gasteiger partial charge in [-0.15, -0.1) is 0 Å². The Bertz CT molecular complexity index is 205. The quantitative estimate of drug-likeness (QED) is 0.428. The van der Waals surface area contributed by atoms with Crippen LogP contribution in [0.25, 0.3) is 0 Å². The van der Waals surface area contributed by atoms with E-state index in [4.69, 9.17) is 0 Å². The van der Waals surface area contributed by atoms with E-state index in [9.17, 15) is 0 Å². The van der Waals surface area contributed by atoms with Crippen LogP contribution in [0.5, 0.6) is 0 Å². The average molecular weight is 158 g/mol. The smallest absolute Gasteiger partial charge is 0.239 e. The minimum absolute atomic E-state index is 0.496. The van der Waals surface area contributed by atoms with Crippen LogP contribution in [0.15, 0.2) is 18.7 Å². The van der Waals surface area contributed by atoms with E-state index >= 15 is 0 Å². The molecule has 0 saturated heterocycles. The summed E-state index contributed by atoms with van der Waals surface area (Å²) in [5, 5.41) is 0. The Kier molecular flexibility index (Phi) is 2.38. The number of imidazole rings is 1. The third-order valence-corrected chi connectivity index (χ3v) is 2.05. The molecule has 0 N–H and O–H groups in total. The van der Waals surface area contributed by atoms with E-state index in [1.165, 1.54) is 0 Å². The third-order valence-electron chi connectivity index (χ3n) is 1.23. The Balaban J connectivity index is 2.58. The van der Waals surface area contributed by atoms with Gasteiger partial charge < -0.3 is 0 Å². The van der Waals surface area contributed by atoms with Crippen LogP contribution in [0.4, 0.5) is 0 Å². The first-order chi connectivity index (χ1) is 4.68. The molecule has 0 aliphatic heterocycles. The molecule has 56 valence electrons. The Morgan fingerprint density at radius 3 is 2.60 bits per heavy atom. The highest BCUT2D eigenvalue weighted by atomic mass is 32.2. The van der Waals surface area contributed by atoms with Crippen LogP contribution in [-0.4, -0.2) is 17.1 Å². The second-order valence-corrected chi connectivity index (χ2v) is 4.94. The van der Waals surface area contributed by atoms with Gasteiger partial charge >= 0.3 is 0 Å². The second-order valence-electron chi connectivity index (χ2n) is 2.71. The first kappa shape index (κ1) is 7.66. The van der Waals surface area contributed by atoms with Crippen molar-refractivity contribution < 1.29 is 4.57 Å². The normalized spacial score (nSPS) is 10.8. The Hall–Kier alpha value is -0.440. The minimum atomic E-state index is 0.496. The van der Waals surface area contributed by atoms with Crippen molar-refractivity contribution in [2.24, 2.45) is 7.05 Å². The lowest BCUT2D eigenvalue weighted by atomic mass is 10.9. The van der Waals surface area contributed by atoms with Crippen LogP contribution >= 0.6 is 0 Å². The number of aromatic nitrogens is 2. The summed E-state index contributed by atoms with van der Waals surface area (Å²) in [7, 11) is 2.54. The van der Waals surface area contributed by atoms with Crippen molar-refractivity contribution in [3.63, 3.8) is 0 Å². The number of nitrogens with zero attached hydrogens (tertiary/aromatic N) is 2. The van der Waals surface area contributed by atoms with Crippen molar-refractivity contribution in [3.8, 4) is 0 Å². The molecule has 1 rings (SSSR count). The van der Waals surface area contributed by atoms with E-state index in [0.717, 1.165) is 5.88 Å². The molecule has 0 amide bonds. The molecule has 10 heavy (non-hydrogen) atoms. The summed E-state index contributed by atoms with van der Waals surface area (Å²) in [5.74, 6) is 1.14.